The van der Waals surface area contributed by atoms with Gasteiger partial charge in [0.15, 0.2) is 0 Å². The van der Waals surface area contributed by atoms with E-state index in [-0.39, 0.29) is 5.75 Å². The number of hydrogen-bond acceptors (Lipinski definition) is 7. The molecule has 1 heterocycles. The minimum atomic E-state index is -3.27. The molecule has 1 unspecified atom stereocenters. The van der Waals surface area contributed by atoms with Crippen molar-refractivity contribution in [1.82, 2.24) is 4.72 Å². The Morgan fingerprint density at radius 3 is 2.59 bits per heavy atom. The lowest BCUT2D eigenvalue weighted by Gasteiger charge is -2.40. The molecule has 1 aliphatic heterocycles. The summed E-state index contributed by atoms with van der Waals surface area (Å²) in [6.07, 6.45) is 4.80. The minimum absolute atomic E-state index is 0.00460. The summed E-state index contributed by atoms with van der Waals surface area (Å²) in [6, 6.07) is 13.9. The number of aliphatic carboxylic acids is 1. The summed E-state index contributed by atoms with van der Waals surface area (Å²) in [5.41, 5.74) is 2.19. The number of hydrogen-bond donors (Lipinski definition) is 4. The summed E-state index contributed by atoms with van der Waals surface area (Å²) in [4.78, 5) is 14.6. The zero-order chi connectivity index (χ0) is 23.4. The van der Waals surface area contributed by atoms with E-state index < -0.39 is 22.3 Å². The van der Waals surface area contributed by atoms with Crippen LogP contribution < -0.4 is 9.62 Å². The molecule has 0 aliphatic carbocycles. The van der Waals surface area contributed by atoms with Gasteiger partial charge >= 0.3 is 5.97 Å². The molecule has 0 fully saturated rings. The van der Waals surface area contributed by atoms with Crippen LogP contribution in [0.2, 0.25) is 0 Å². The molecule has 1 aliphatic rings. The fraction of sp³-hybridized carbons (Fsp3) is 0.435. The van der Waals surface area contributed by atoms with Crippen LogP contribution in [0.3, 0.4) is 0 Å². The number of nitrogens with one attached hydrogen (secondary N) is 1. The number of carboxylic acids is 1. The van der Waals surface area contributed by atoms with Crippen LogP contribution in [-0.2, 0) is 10.5 Å². The number of carboxylic acid groups (broad SMARTS) is 1. The third-order valence-electron chi connectivity index (χ3n) is 5.49. The molecule has 0 saturated heterocycles. The lowest BCUT2D eigenvalue weighted by molar-refractivity contribution is -0.133. The summed E-state index contributed by atoms with van der Waals surface area (Å²) in [6.45, 7) is 4.78. The number of unbranched alkanes of at least 4 members (excludes halogenated alkanes) is 1. The fourth-order valence-corrected chi connectivity index (χ4v) is 7.16. The maximum Gasteiger partial charge on any atom is 0.313 e. The highest BCUT2D eigenvalue weighted by Gasteiger charge is 2.39. The van der Waals surface area contributed by atoms with Gasteiger partial charge in [0, 0.05) is 22.9 Å². The topological polar surface area (TPSA) is 93.0 Å². The van der Waals surface area contributed by atoms with Gasteiger partial charge < -0.3 is 10.0 Å². The molecule has 32 heavy (non-hydrogen) atoms. The van der Waals surface area contributed by atoms with Crippen molar-refractivity contribution in [1.29, 1.82) is 0 Å². The van der Waals surface area contributed by atoms with Crippen molar-refractivity contribution >= 4 is 51.6 Å². The van der Waals surface area contributed by atoms with E-state index in [1.165, 1.54) is 11.8 Å². The second-order valence-electron chi connectivity index (χ2n) is 8.26. The molecule has 2 aromatic rings. The molecule has 0 bridgehead atoms. The number of fused-ring (bicyclic) bond motifs is 1. The van der Waals surface area contributed by atoms with Crippen molar-refractivity contribution in [2.75, 3.05) is 23.5 Å². The third-order valence-corrected chi connectivity index (χ3v) is 8.99. The first-order chi connectivity index (χ1) is 15.2. The van der Waals surface area contributed by atoms with Gasteiger partial charge in [0.05, 0.1) is 21.9 Å². The van der Waals surface area contributed by atoms with Crippen LogP contribution in [-0.4, -0.2) is 44.3 Å². The monoisotopic (exact) mass is 496 g/mol. The van der Waals surface area contributed by atoms with Crippen molar-refractivity contribution in [2.24, 2.45) is 0 Å². The van der Waals surface area contributed by atoms with E-state index in [1.807, 2.05) is 48.7 Å². The first kappa shape index (κ1) is 25.3. The molecule has 4 N–H and O–H groups in total. The molecule has 9 heteroatoms. The smallest absolute Gasteiger partial charge is 0.313 e. The lowest BCUT2D eigenvalue weighted by Crippen LogP contribution is -2.49. The highest BCUT2D eigenvalue weighted by Crippen LogP contribution is 2.56. The summed E-state index contributed by atoms with van der Waals surface area (Å²) in [5, 5.41) is 9.00. The van der Waals surface area contributed by atoms with E-state index >= 15 is 0 Å². The van der Waals surface area contributed by atoms with Gasteiger partial charge in [0.25, 0.3) is 0 Å². The van der Waals surface area contributed by atoms with Crippen molar-refractivity contribution in [3.63, 3.8) is 0 Å². The van der Waals surface area contributed by atoms with Gasteiger partial charge in [0.1, 0.15) is 0 Å². The standard InChI is InChI=1S/C23H32N2O4S3/c1-4-5-11-23(2)16-25(18-9-7-6-8-10-18)19-13-20(30-3)17(14-31-15-22(26)27)12-21(19)32(28,29)24-23/h6-10,12-13,24,28-29H,4-5,11,14-16H2,1-3H3,(H,26,27). The molecule has 0 radical (unpaired) electrons. The van der Waals surface area contributed by atoms with Crippen LogP contribution in [0.1, 0.15) is 38.7 Å². The Hall–Kier alpha value is -1.36. The van der Waals surface area contributed by atoms with E-state index in [2.05, 4.69) is 23.5 Å². The molecule has 0 aromatic heterocycles. The van der Waals surface area contributed by atoms with E-state index in [4.69, 9.17) is 5.11 Å². The quantitative estimate of drug-likeness (QED) is 0.295. The Morgan fingerprint density at radius 1 is 1.25 bits per heavy atom. The van der Waals surface area contributed by atoms with Gasteiger partial charge in [-0.25, -0.2) is 4.72 Å². The molecule has 2 aromatic carbocycles. The third kappa shape index (κ3) is 5.95. The Kier molecular flexibility index (Phi) is 8.46. The number of nitrogens with zero attached hydrogens (tertiary/aromatic N) is 1. The first-order valence-electron chi connectivity index (χ1n) is 10.6. The summed E-state index contributed by atoms with van der Waals surface area (Å²) in [5.74, 6) is -0.364. The van der Waals surface area contributed by atoms with Crippen LogP contribution in [0.25, 0.3) is 0 Å². The van der Waals surface area contributed by atoms with Gasteiger partial charge in [0.2, 0.25) is 0 Å². The van der Waals surface area contributed by atoms with E-state index in [9.17, 15) is 13.9 Å². The zero-order valence-electron chi connectivity index (χ0n) is 18.7. The molecule has 176 valence electrons. The Labute approximate surface area is 200 Å². The second kappa shape index (κ2) is 10.7. The Bertz CT molecular complexity index is 942. The molecule has 0 spiro atoms. The average Bonchev–Trinajstić information content (AvgIpc) is 2.84. The van der Waals surface area contributed by atoms with Gasteiger partial charge in [-0.1, -0.05) is 38.0 Å². The maximum absolute atomic E-state index is 11.3. The summed E-state index contributed by atoms with van der Waals surface area (Å²) >= 11 is 2.89. The van der Waals surface area contributed by atoms with E-state index in [1.54, 1.807) is 11.8 Å². The van der Waals surface area contributed by atoms with Gasteiger partial charge in [-0.15, -0.1) is 34.3 Å². The average molecular weight is 497 g/mol. The van der Waals surface area contributed by atoms with Crippen LogP contribution in [0.15, 0.2) is 52.3 Å². The number of para-hydroxylation sites is 1. The largest absolute Gasteiger partial charge is 0.481 e. The van der Waals surface area contributed by atoms with Crippen molar-refractivity contribution in [3.05, 3.63) is 48.0 Å². The first-order valence-corrected chi connectivity index (χ1v) is 14.5. The van der Waals surface area contributed by atoms with Crippen molar-refractivity contribution < 1.29 is 19.0 Å². The highest BCUT2D eigenvalue weighted by atomic mass is 32.3. The number of thioether (sulfide) groups is 2. The number of carbonyl (C=O) groups is 1. The number of rotatable bonds is 9. The van der Waals surface area contributed by atoms with Crippen molar-refractivity contribution in [2.45, 2.75) is 54.2 Å². The van der Waals surface area contributed by atoms with Crippen LogP contribution >= 0.6 is 34.3 Å². The Morgan fingerprint density at radius 2 is 1.97 bits per heavy atom. The lowest BCUT2D eigenvalue weighted by atomic mass is 9.95. The van der Waals surface area contributed by atoms with Crippen LogP contribution in [0, 0.1) is 0 Å². The SMILES string of the molecule is CCCCC1(C)CN(c2ccccc2)c2cc(SC)c(CSCC(=O)O)cc2S(O)(O)N1. The molecular formula is C23H32N2O4S3. The van der Waals surface area contributed by atoms with Gasteiger partial charge in [-0.3, -0.25) is 13.9 Å². The zero-order valence-corrected chi connectivity index (χ0v) is 21.2. The predicted molar refractivity (Wildman–Crippen MR) is 138 cm³/mol. The second-order valence-corrected chi connectivity index (χ2v) is 11.8. The van der Waals surface area contributed by atoms with E-state index in [0.717, 1.165) is 41.1 Å². The van der Waals surface area contributed by atoms with Crippen molar-refractivity contribution in [3.8, 4) is 0 Å². The maximum atomic E-state index is 11.3. The molecule has 0 amide bonds. The van der Waals surface area contributed by atoms with Crippen LogP contribution in [0.4, 0.5) is 11.4 Å². The summed E-state index contributed by atoms with van der Waals surface area (Å²) < 4.78 is 25.8. The molecular weight excluding hydrogens is 464 g/mol. The Balaban J connectivity index is 2.13. The van der Waals surface area contributed by atoms with E-state index in [0.29, 0.717) is 17.2 Å². The van der Waals surface area contributed by atoms with Gasteiger partial charge in [-0.05, 0) is 49.4 Å². The fourth-order valence-electron chi connectivity index (χ4n) is 3.98. The number of benzene rings is 2. The molecule has 1 atom stereocenters. The number of anilines is 2. The predicted octanol–water partition coefficient (Wildman–Crippen LogP) is 6.44. The molecule has 3 rings (SSSR count). The molecule has 6 nitrogen and oxygen atoms in total. The van der Waals surface area contributed by atoms with Gasteiger partial charge in [-0.2, -0.15) is 0 Å². The highest BCUT2D eigenvalue weighted by molar-refractivity contribution is 8.22. The summed E-state index contributed by atoms with van der Waals surface area (Å²) in [7, 11) is -3.27. The minimum Gasteiger partial charge on any atom is -0.481 e. The van der Waals surface area contributed by atoms with Crippen LogP contribution in [0.5, 0.6) is 0 Å². The normalized spacial score (nSPS) is 21.0. The molecule has 0 saturated carbocycles.